The van der Waals surface area contributed by atoms with Gasteiger partial charge in [0.25, 0.3) is 0 Å². The van der Waals surface area contributed by atoms with Crippen molar-refractivity contribution < 1.29 is 9.84 Å². The van der Waals surface area contributed by atoms with Crippen LogP contribution in [0.25, 0.3) is 10.9 Å². The number of benzene rings is 2. The molecule has 0 bridgehead atoms. The Bertz CT molecular complexity index is 1160. The first kappa shape index (κ1) is 21.3. The van der Waals surface area contributed by atoms with Crippen molar-refractivity contribution in [3.05, 3.63) is 78.0 Å². The molecule has 2 aromatic carbocycles. The summed E-state index contributed by atoms with van der Waals surface area (Å²) in [5, 5.41) is 15.4. The Morgan fingerprint density at radius 2 is 1.61 bits per heavy atom. The Kier molecular flexibility index (Phi) is 6.13. The Hall–Kier alpha value is -3.58. The molecular weight excluding hydrogens is 414 g/mol. The van der Waals surface area contributed by atoms with Gasteiger partial charge in [0.1, 0.15) is 11.3 Å². The average Bonchev–Trinajstić information content (AvgIpc) is 3.19. The summed E-state index contributed by atoms with van der Waals surface area (Å²) in [5.74, 6) is 1.50. The molecule has 1 saturated heterocycles. The molecule has 0 saturated carbocycles. The number of fused-ring (bicyclic) bond motifs is 1. The minimum Gasteiger partial charge on any atom is -0.493 e. The van der Waals surface area contributed by atoms with Crippen LogP contribution in [0.15, 0.2) is 66.9 Å². The molecule has 1 aliphatic heterocycles. The van der Waals surface area contributed by atoms with Crippen molar-refractivity contribution in [1.82, 2.24) is 14.5 Å². The molecular formula is C26H29N5O2. The van der Waals surface area contributed by atoms with Crippen LogP contribution in [0, 0.1) is 0 Å². The largest absolute Gasteiger partial charge is 0.493 e. The third-order valence-electron chi connectivity index (χ3n) is 6.01. The summed E-state index contributed by atoms with van der Waals surface area (Å²) in [6.45, 7) is 5.54. The van der Waals surface area contributed by atoms with Gasteiger partial charge in [-0.25, -0.2) is 4.98 Å². The van der Waals surface area contributed by atoms with Crippen LogP contribution in [-0.4, -0.2) is 45.9 Å². The molecule has 0 radical (unpaired) electrons. The highest BCUT2D eigenvalue weighted by atomic mass is 16.5. The summed E-state index contributed by atoms with van der Waals surface area (Å²) < 4.78 is 7.37. The quantitative estimate of drug-likeness (QED) is 0.435. The number of morpholine rings is 1. The van der Waals surface area contributed by atoms with Gasteiger partial charge < -0.3 is 24.6 Å². The molecule has 0 atom stereocenters. The van der Waals surface area contributed by atoms with Crippen LogP contribution in [0.5, 0.6) is 5.88 Å². The first-order valence-corrected chi connectivity index (χ1v) is 11.5. The van der Waals surface area contributed by atoms with Crippen LogP contribution in [0.3, 0.4) is 0 Å². The van der Waals surface area contributed by atoms with Crippen molar-refractivity contribution in [3.63, 3.8) is 0 Å². The maximum atomic E-state index is 10.9. The minimum absolute atomic E-state index is 0.0975. The van der Waals surface area contributed by atoms with E-state index in [0.29, 0.717) is 30.5 Å². The van der Waals surface area contributed by atoms with Crippen molar-refractivity contribution in [2.24, 2.45) is 0 Å². The van der Waals surface area contributed by atoms with Gasteiger partial charge in [-0.3, -0.25) is 0 Å². The summed E-state index contributed by atoms with van der Waals surface area (Å²) in [6, 6.07) is 20.6. The number of aryl methyl sites for hydroxylation is 1. The Morgan fingerprint density at radius 1 is 0.970 bits per heavy atom. The van der Waals surface area contributed by atoms with Crippen LogP contribution < -0.4 is 10.2 Å². The summed E-state index contributed by atoms with van der Waals surface area (Å²) in [4.78, 5) is 11.8. The van der Waals surface area contributed by atoms with E-state index in [-0.39, 0.29) is 11.9 Å². The highest BCUT2D eigenvalue weighted by molar-refractivity contribution is 5.94. The summed E-state index contributed by atoms with van der Waals surface area (Å²) >= 11 is 0. The normalized spacial score (nSPS) is 14.2. The summed E-state index contributed by atoms with van der Waals surface area (Å²) in [5.41, 5.74) is 2.85. The number of anilines is 2. The number of aromatic hydroxyl groups is 1. The fourth-order valence-electron chi connectivity index (χ4n) is 4.32. The van der Waals surface area contributed by atoms with Crippen LogP contribution >= 0.6 is 0 Å². The molecule has 1 fully saturated rings. The maximum Gasteiger partial charge on any atom is 0.228 e. The van der Waals surface area contributed by atoms with Gasteiger partial charge in [0.05, 0.1) is 24.6 Å². The molecule has 33 heavy (non-hydrogen) atoms. The van der Waals surface area contributed by atoms with E-state index in [9.17, 15) is 5.11 Å². The standard InChI is InChI=1S/C26H29N5O2/c1-2-13-31-18-21-23(25(31)32)28-26(30-14-16-33-17-15-30)29-24(21)27-22(19-9-5-3-6-10-19)20-11-7-4-8-12-20/h3-12,18,22,32H,2,13-17H2,1H3,(H,27,28,29). The molecule has 7 nitrogen and oxygen atoms in total. The number of ether oxygens (including phenoxy) is 1. The predicted octanol–water partition coefficient (Wildman–Crippen LogP) is 4.59. The second kappa shape index (κ2) is 9.50. The monoisotopic (exact) mass is 443 g/mol. The summed E-state index contributed by atoms with van der Waals surface area (Å²) in [7, 11) is 0. The molecule has 0 aliphatic carbocycles. The smallest absolute Gasteiger partial charge is 0.228 e. The van der Waals surface area contributed by atoms with Gasteiger partial charge in [-0.2, -0.15) is 4.98 Å². The van der Waals surface area contributed by atoms with Gasteiger partial charge in [-0.1, -0.05) is 67.6 Å². The zero-order chi connectivity index (χ0) is 22.6. The van der Waals surface area contributed by atoms with E-state index in [4.69, 9.17) is 14.7 Å². The molecule has 7 heteroatoms. The SMILES string of the molecule is CCCn1cc2c(NC(c3ccccc3)c3ccccc3)nc(N3CCOCC3)nc2c1O. The number of nitrogens with zero attached hydrogens (tertiary/aromatic N) is 4. The van der Waals surface area contributed by atoms with Gasteiger partial charge in [-0.05, 0) is 17.5 Å². The zero-order valence-electron chi connectivity index (χ0n) is 18.8. The molecule has 0 unspecified atom stereocenters. The lowest BCUT2D eigenvalue weighted by Gasteiger charge is -2.28. The van der Waals surface area contributed by atoms with Crippen LogP contribution in [0.1, 0.15) is 30.5 Å². The van der Waals surface area contributed by atoms with Gasteiger partial charge in [-0.15, -0.1) is 0 Å². The molecule has 5 rings (SSSR count). The third kappa shape index (κ3) is 4.36. The molecule has 170 valence electrons. The van der Waals surface area contributed by atoms with E-state index < -0.39 is 0 Å². The second-order valence-electron chi connectivity index (χ2n) is 8.28. The van der Waals surface area contributed by atoms with Crippen molar-refractivity contribution in [1.29, 1.82) is 0 Å². The molecule has 2 N–H and O–H groups in total. The van der Waals surface area contributed by atoms with E-state index >= 15 is 0 Å². The molecule has 1 aliphatic rings. The lowest BCUT2D eigenvalue weighted by Crippen LogP contribution is -2.37. The zero-order valence-corrected chi connectivity index (χ0v) is 18.8. The number of hydrogen-bond donors (Lipinski definition) is 2. The Balaban J connectivity index is 1.63. The van der Waals surface area contributed by atoms with E-state index in [0.717, 1.165) is 42.6 Å². The average molecular weight is 444 g/mol. The first-order chi connectivity index (χ1) is 16.2. The highest BCUT2D eigenvalue weighted by Gasteiger charge is 2.23. The van der Waals surface area contributed by atoms with Gasteiger partial charge >= 0.3 is 0 Å². The van der Waals surface area contributed by atoms with Gasteiger partial charge in [0, 0.05) is 25.8 Å². The van der Waals surface area contributed by atoms with Gasteiger partial charge in [0.2, 0.25) is 11.8 Å². The second-order valence-corrected chi connectivity index (χ2v) is 8.28. The summed E-state index contributed by atoms with van der Waals surface area (Å²) in [6.07, 6.45) is 2.87. The van der Waals surface area contributed by atoms with E-state index in [1.54, 1.807) is 0 Å². The van der Waals surface area contributed by atoms with E-state index in [2.05, 4.69) is 41.4 Å². The van der Waals surface area contributed by atoms with Crippen molar-refractivity contribution in [2.45, 2.75) is 25.9 Å². The molecule has 4 aromatic rings. The van der Waals surface area contributed by atoms with Crippen LogP contribution in [-0.2, 0) is 11.3 Å². The molecule has 2 aromatic heterocycles. The fraction of sp³-hybridized carbons (Fsp3) is 0.308. The Labute approximate surface area is 193 Å². The predicted molar refractivity (Wildman–Crippen MR) is 131 cm³/mol. The number of rotatable bonds is 7. The Morgan fingerprint density at radius 3 is 2.21 bits per heavy atom. The van der Waals surface area contributed by atoms with E-state index in [1.165, 1.54) is 0 Å². The molecule has 3 heterocycles. The molecule has 0 spiro atoms. The van der Waals surface area contributed by atoms with E-state index in [1.807, 2.05) is 47.2 Å². The van der Waals surface area contributed by atoms with Crippen molar-refractivity contribution >= 4 is 22.7 Å². The number of nitrogens with one attached hydrogen (secondary N) is 1. The number of aromatic nitrogens is 3. The lowest BCUT2D eigenvalue weighted by atomic mass is 9.98. The topological polar surface area (TPSA) is 75.4 Å². The van der Waals surface area contributed by atoms with Crippen LogP contribution in [0.4, 0.5) is 11.8 Å². The lowest BCUT2D eigenvalue weighted by molar-refractivity contribution is 0.122. The first-order valence-electron chi connectivity index (χ1n) is 11.5. The minimum atomic E-state index is -0.0975. The highest BCUT2D eigenvalue weighted by Crippen LogP contribution is 2.35. The molecule has 0 amide bonds. The maximum absolute atomic E-state index is 10.9. The van der Waals surface area contributed by atoms with Crippen molar-refractivity contribution in [2.75, 3.05) is 36.5 Å². The van der Waals surface area contributed by atoms with Crippen molar-refractivity contribution in [3.8, 4) is 5.88 Å². The fourth-order valence-corrected chi connectivity index (χ4v) is 4.32. The van der Waals surface area contributed by atoms with Gasteiger partial charge in [0.15, 0.2) is 0 Å². The number of hydrogen-bond acceptors (Lipinski definition) is 6. The third-order valence-corrected chi connectivity index (χ3v) is 6.01. The van der Waals surface area contributed by atoms with Crippen LogP contribution in [0.2, 0.25) is 0 Å².